The summed E-state index contributed by atoms with van der Waals surface area (Å²) in [5.74, 6) is 0.828. The summed E-state index contributed by atoms with van der Waals surface area (Å²) in [7, 11) is 0. The first-order valence-electron chi connectivity index (χ1n) is 11.4. The highest BCUT2D eigenvalue weighted by atomic mass is 16.5. The lowest BCUT2D eigenvalue weighted by Gasteiger charge is -2.32. The van der Waals surface area contributed by atoms with Crippen LogP contribution >= 0.6 is 0 Å². The number of nitrogens with zero attached hydrogens (tertiary/aromatic N) is 2. The number of aryl methyl sites for hydroxylation is 1. The van der Waals surface area contributed by atoms with Crippen molar-refractivity contribution < 1.29 is 4.52 Å². The average Bonchev–Trinajstić information content (AvgIpc) is 3.21. The summed E-state index contributed by atoms with van der Waals surface area (Å²) >= 11 is 0. The predicted molar refractivity (Wildman–Crippen MR) is 130 cm³/mol. The maximum Gasteiger partial charge on any atom is 0.190 e. The van der Waals surface area contributed by atoms with Crippen LogP contribution in [0.3, 0.4) is 0 Å². The third-order valence-corrected chi connectivity index (χ3v) is 6.30. The maximum absolute atomic E-state index is 5.75. The SMILES string of the molecule is Cc1noc(-c2ccc(-c3ccccc3)cc2)c1NC1CCN(Cc2ccccc2)CC1. The van der Waals surface area contributed by atoms with Gasteiger partial charge in [-0.25, -0.2) is 0 Å². The van der Waals surface area contributed by atoms with Crippen molar-refractivity contribution in [3.63, 3.8) is 0 Å². The summed E-state index contributed by atoms with van der Waals surface area (Å²) in [4.78, 5) is 2.54. The molecular formula is C28H29N3O. The predicted octanol–water partition coefficient (Wildman–Crippen LogP) is 6.39. The quantitative estimate of drug-likeness (QED) is 0.390. The molecule has 4 aromatic rings. The summed E-state index contributed by atoms with van der Waals surface area (Å²) in [6.07, 6.45) is 2.23. The summed E-state index contributed by atoms with van der Waals surface area (Å²) in [5.41, 5.74) is 6.79. The van der Waals surface area contributed by atoms with E-state index in [2.05, 4.69) is 94.2 Å². The average molecular weight is 424 g/mol. The number of nitrogens with one attached hydrogen (secondary N) is 1. The van der Waals surface area contributed by atoms with Gasteiger partial charge in [0.25, 0.3) is 0 Å². The number of rotatable bonds is 6. The zero-order valence-electron chi connectivity index (χ0n) is 18.5. The highest BCUT2D eigenvalue weighted by molar-refractivity contribution is 5.76. The van der Waals surface area contributed by atoms with Crippen molar-refractivity contribution in [3.05, 3.63) is 96.2 Å². The second-order valence-corrected chi connectivity index (χ2v) is 8.60. The van der Waals surface area contributed by atoms with E-state index in [0.717, 1.165) is 55.2 Å². The van der Waals surface area contributed by atoms with E-state index in [0.29, 0.717) is 6.04 Å². The smallest absolute Gasteiger partial charge is 0.190 e. The van der Waals surface area contributed by atoms with Gasteiger partial charge in [0.1, 0.15) is 11.4 Å². The lowest BCUT2D eigenvalue weighted by Crippen LogP contribution is -2.38. The van der Waals surface area contributed by atoms with Crippen LogP contribution in [-0.2, 0) is 6.54 Å². The Hall–Kier alpha value is -3.37. The van der Waals surface area contributed by atoms with Crippen LogP contribution in [0.25, 0.3) is 22.5 Å². The van der Waals surface area contributed by atoms with Crippen LogP contribution in [0.2, 0.25) is 0 Å². The van der Waals surface area contributed by atoms with Crippen LogP contribution in [0, 0.1) is 6.92 Å². The summed E-state index contributed by atoms with van der Waals surface area (Å²) in [5, 5.41) is 8.01. The zero-order chi connectivity index (χ0) is 21.8. The summed E-state index contributed by atoms with van der Waals surface area (Å²) < 4.78 is 5.75. The molecule has 32 heavy (non-hydrogen) atoms. The molecule has 162 valence electrons. The number of hydrogen-bond donors (Lipinski definition) is 1. The highest BCUT2D eigenvalue weighted by Gasteiger charge is 2.23. The van der Waals surface area contributed by atoms with Crippen molar-refractivity contribution in [3.8, 4) is 22.5 Å². The molecule has 1 N–H and O–H groups in total. The molecule has 4 nitrogen and oxygen atoms in total. The molecule has 1 fully saturated rings. The largest absolute Gasteiger partial charge is 0.378 e. The standard InChI is InChI=1S/C28H29N3O/c1-21-27(29-26-16-18-31(19-17-26)20-22-8-4-2-5-9-22)28(32-30-21)25-14-12-24(13-15-25)23-10-6-3-7-11-23/h2-15,26,29H,16-20H2,1H3. The zero-order valence-corrected chi connectivity index (χ0v) is 18.5. The van der Waals surface area contributed by atoms with E-state index < -0.39 is 0 Å². The van der Waals surface area contributed by atoms with Crippen LogP contribution in [0.5, 0.6) is 0 Å². The first-order chi connectivity index (χ1) is 15.8. The molecule has 1 aliphatic heterocycles. The van der Waals surface area contributed by atoms with E-state index >= 15 is 0 Å². The Morgan fingerprint density at radius 1 is 0.812 bits per heavy atom. The first kappa shape index (κ1) is 20.5. The third kappa shape index (κ3) is 4.61. The van der Waals surface area contributed by atoms with E-state index in [1.165, 1.54) is 16.7 Å². The number of anilines is 1. The van der Waals surface area contributed by atoms with Crippen LogP contribution in [0.1, 0.15) is 24.1 Å². The van der Waals surface area contributed by atoms with Crippen LogP contribution < -0.4 is 5.32 Å². The molecule has 1 aromatic heterocycles. The Balaban J connectivity index is 1.25. The monoisotopic (exact) mass is 423 g/mol. The van der Waals surface area contributed by atoms with E-state index in [9.17, 15) is 0 Å². The Morgan fingerprint density at radius 3 is 2.09 bits per heavy atom. The minimum Gasteiger partial charge on any atom is -0.378 e. The normalized spacial score (nSPS) is 15.0. The molecule has 0 unspecified atom stereocenters. The highest BCUT2D eigenvalue weighted by Crippen LogP contribution is 2.33. The molecule has 0 bridgehead atoms. The van der Waals surface area contributed by atoms with E-state index in [4.69, 9.17) is 4.52 Å². The molecule has 0 atom stereocenters. The van der Waals surface area contributed by atoms with Crippen molar-refractivity contribution >= 4 is 5.69 Å². The lowest BCUT2D eigenvalue weighted by molar-refractivity contribution is 0.211. The number of aromatic nitrogens is 1. The molecule has 3 aromatic carbocycles. The Bertz CT molecular complexity index is 1130. The number of likely N-dealkylation sites (tertiary alicyclic amines) is 1. The van der Waals surface area contributed by atoms with Gasteiger partial charge in [-0.1, -0.05) is 90.1 Å². The third-order valence-electron chi connectivity index (χ3n) is 6.30. The molecule has 1 aliphatic rings. The van der Waals surface area contributed by atoms with Crippen LogP contribution in [0.15, 0.2) is 89.5 Å². The molecule has 0 aliphatic carbocycles. The molecule has 2 heterocycles. The van der Waals surface area contributed by atoms with E-state index in [-0.39, 0.29) is 0 Å². The van der Waals surface area contributed by atoms with Gasteiger partial charge in [-0.3, -0.25) is 4.90 Å². The topological polar surface area (TPSA) is 41.3 Å². The van der Waals surface area contributed by atoms with Crippen molar-refractivity contribution in [2.75, 3.05) is 18.4 Å². The van der Waals surface area contributed by atoms with Gasteiger partial charge in [0.2, 0.25) is 0 Å². The Kier molecular flexibility index (Phi) is 6.04. The molecular weight excluding hydrogens is 394 g/mol. The van der Waals surface area contributed by atoms with Crippen molar-refractivity contribution in [2.45, 2.75) is 32.4 Å². The molecule has 0 radical (unpaired) electrons. The van der Waals surface area contributed by atoms with Crippen molar-refractivity contribution in [1.29, 1.82) is 0 Å². The number of benzene rings is 3. The molecule has 0 spiro atoms. The van der Waals surface area contributed by atoms with Gasteiger partial charge < -0.3 is 9.84 Å². The minimum atomic E-state index is 0.433. The van der Waals surface area contributed by atoms with Gasteiger partial charge in [0, 0.05) is 31.2 Å². The van der Waals surface area contributed by atoms with Gasteiger partial charge >= 0.3 is 0 Å². The molecule has 1 saturated heterocycles. The maximum atomic E-state index is 5.75. The van der Waals surface area contributed by atoms with Crippen molar-refractivity contribution in [2.24, 2.45) is 0 Å². The van der Waals surface area contributed by atoms with Gasteiger partial charge in [-0.2, -0.15) is 0 Å². The summed E-state index contributed by atoms with van der Waals surface area (Å²) in [6.45, 7) is 5.23. The Morgan fingerprint density at radius 2 is 1.41 bits per heavy atom. The minimum absolute atomic E-state index is 0.433. The first-order valence-corrected chi connectivity index (χ1v) is 11.4. The molecule has 4 heteroatoms. The lowest BCUT2D eigenvalue weighted by atomic mass is 10.0. The number of hydrogen-bond acceptors (Lipinski definition) is 4. The van der Waals surface area contributed by atoms with Gasteiger partial charge in [0.15, 0.2) is 5.76 Å². The Labute approximate surface area is 189 Å². The van der Waals surface area contributed by atoms with E-state index in [1.54, 1.807) is 0 Å². The second-order valence-electron chi connectivity index (χ2n) is 8.60. The fourth-order valence-corrected chi connectivity index (χ4v) is 4.46. The molecule has 0 amide bonds. The van der Waals surface area contributed by atoms with Crippen LogP contribution in [0.4, 0.5) is 5.69 Å². The molecule has 0 saturated carbocycles. The van der Waals surface area contributed by atoms with Gasteiger partial charge in [-0.15, -0.1) is 0 Å². The van der Waals surface area contributed by atoms with E-state index in [1.807, 2.05) is 13.0 Å². The fraction of sp³-hybridized carbons (Fsp3) is 0.250. The van der Waals surface area contributed by atoms with Gasteiger partial charge in [0.05, 0.1) is 0 Å². The number of piperidine rings is 1. The molecule has 5 rings (SSSR count). The van der Waals surface area contributed by atoms with Gasteiger partial charge in [-0.05, 0) is 36.5 Å². The summed E-state index contributed by atoms with van der Waals surface area (Å²) in [6, 6.07) is 30.1. The fourth-order valence-electron chi connectivity index (χ4n) is 4.46. The van der Waals surface area contributed by atoms with Crippen LogP contribution in [-0.4, -0.2) is 29.2 Å². The second kappa shape index (κ2) is 9.41. The van der Waals surface area contributed by atoms with Crippen molar-refractivity contribution in [1.82, 2.24) is 10.1 Å².